The van der Waals surface area contributed by atoms with E-state index in [0.717, 1.165) is 11.8 Å². The Kier molecular flexibility index (Phi) is 4.94. The molecule has 0 aliphatic carbocycles. The molecule has 0 aromatic heterocycles. The highest BCUT2D eigenvalue weighted by molar-refractivity contribution is 6.25. The van der Waals surface area contributed by atoms with Gasteiger partial charge in [0.1, 0.15) is 12.8 Å². The molecule has 4 nitrogen and oxygen atoms in total. The third-order valence-electron chi connectivity index (χ3n) is 1.67. The van der Waals surface area contributed by atoms with Crippen molar-refractivity contribution in [3.8, 4) is 0 Å². The van der Waals surface area contributed by atoms with Crippen molar-refractivity contribution in [1.29, 1.82) is 0 Å². The minimum Gasteiger partial charge on any atom is -0.391 e. The fourth-order valence-corrected chi connectivity index (χ4v) is 0.991. The van der Waals surface area contributed by atoms with Crippen LogP contribution in [0.25, 0.3) is 0 Å². The van der Waals surface area contributed by atoms with Gasteiger partial charge in [0.2, 0.25) is 0 Å². The van der Waals surface area contributed by atoms with Crippen molar-refractivity contribution in [2.45, 2.75) is 13.5 Å². The van der Waals surface area contributed by atoms with Crippen LogP contribution in [0.2, 0.25) is 0 Å². The average molecular weight is 206 g/mol. The Balaban J connectivity index is 2.24. The molecule has 0 saturated heterocycles. The van der Waals surface area contributed by atoms with Crippen molar-refractivity contribution >= 4 is 12.1 Å². The van der Waals surface area contributed by atoms with Gasteiger partial charge >= 0.3 is 0 Å². The van der Waals surface area contributed by atoms with Gasteiger partial charge in [-0.05, 0) is 12.5 Å². The maximum absolute atomic E-state index is 10.9. The highest BCUT2D eigenvalue weighted by Crippen LogP contribution is 1.99. The average Bonchev–Trinajstić information content (AvgIpc) is 2.26. The zero-order valence-electron chi connectivity index (χ0n) is 8.64. The Labute approximate surface area is 88.9 Å². The van der Waals surface area contributed by atoms with Crippen molar-refractivity contribution in [3.05, 3.63) is 35.9 Å². The number of rotatable bonds is 5. The molecule has 1 N–H and O–H groups in total. The first-order valence-corrected chi connectivity index (χ1v) is 4.80. The van der Waals surface area contributed by atoms with Gasteiger partial charge in [0, 0.05) is 6.54 Å². The lowest BCUT2D eigenvalue weighted by molar-refractivity contribution is -0.114. The van der Waals surface area contributed by atoms with E-state index in [1.165, 1.54) is 0 Å². The summed E-state index contributed by atoms with van der Waals surface area (Å²) in [5, 5.41) is 6.12. The smallest absolute Gasteiger partial charge is 0.265 e. The molecule has 0 spiro atoms. The van der Waals surface area contributed by atoms with Crippen LogP contribution in [0.1, 0.15) is 12.5 Å². The molecule has 0 saturated carbocycles. The van der Waals surface area contributed by atoms with Crippen molar-refractivity contribution in [2.24, 2.45) is 5.16 Å². The van der Waals surface area contributed by atoms with Crippen LogP contribution in [0.15, 0.2) is 35.5 Å². The summed E-state index contributed by atoms with van der Waals surface area (Å²) in [6, 6.07) is 9.64. The number of hydrogen-bond donors (Lipinski definition) is 1. The number of benzene rings is 1. The maximum Gasteiger partial charge on any atom is 0.265 e. The summed E-state index contributed by atoms with van der Waals surface area (Å²) < 4.78 is 0. The van der Waals surface area contributed by atoms with E-state index in [-0.39, 0.29) is 5.91 Å². The molecule has 1 aromatic carbocycles. The topological polar surface area (TPSA) is 50.7 Å². The molecule has 0 fully saturated rings. The Morgan fingerprint density at radius 1 is 1.47 bits per heavy atom. The number of nitrogens with one attached hydrogen (secondary N) is 1. The normalized spacial score (nSPS) is 10.2. The van der Waals surface area contributed by atoms with E-state index >= 15 is 0 Å². The fraction of sp³-hybridized carbons (Fsp3) is 0.273. The molecule has 1 rings (SSSR count). The largest absolute Gasteiger partial charge is 0.391 e. The summed E-state index contributed by atoms with van der Waals surface area (Å²) in [4.78, 5) is 15.9. The van der Waals surface area contributed by atoms with Gasteiger partial charge in [0.25, 0.3) is 5.91 Å². The molecular formula is C11H14N2O2. The summed E-state index contributed by atoms with van der Waals surface area (Å²) in [7, 11) is 0. The van der Waals surface area contributed by atoms with E-state index in [0.29, 0.717) is 13.2 Å². The molecule has 0 aliphatic heterocycles. The van der Waals surface area contributed by atoms with E-state index in [1.807, 2.05) is 37.3 Å². The molecular weight excluding hydrogens is 192 g/mol. The minimum atomic E-state index is -0.245. The first-order chi connectivity index (χ1) is 7.33. The first-order valence-electron chi connectivity index (χ1n) is 4.80. The van der Waals surface area contributed by atoms with E-state index in [1.54, 1.807) is 0 Å². The zero-order valence-corrected chi connectivity index (χ0v) is 8.64. The molecule has 1 aromatic rings. The lowest BCUT2D eigenvalue weighted by Gasteiger charge is -1.98. The number of carbonyl (C=O) groups excluding carboxylic acids is 1. The molecule has 0 radical (unpaired) electrons. The van der Waals surface area contributed by atoms with Crippen LogP contribution >= 0.6 is 0 Å². The van der Waals surface area contributed by atoms with Gasteiger partial charge < -0.3 is 10.2 Å². The van der Waals surface area contributed by atoms with Crippen LogP contribution < -0.4 is 5.32 Å². The predicted molar refractivity (Wildman–Crippen MR) is 58.4 cm³/mol. The van der Waals surface area contributed by atoms with Crippen LogP contribution in [-0.4, -0.2) is 18.7 Å². The standard InChI is InChI=1S/C11H14N2O2/c1-2-12-11(14)8-13-15-9-10-6-4-3-5-7-10/h3-8H,2,9H2,1H3,(H,12,14)/b13-8-. The molecule has 0 heterocycles. The molecule has 1 amide bonds. The van der Waals surface area contributed by atoms with Crippen molar-refractivity contribution in [3.63, 3.8) is 0 Å². The summed E-state index contributed by atoms with van der Waals surface area (Å²) in [6.07, 6.45) is 1.13. The minimum absolute atomic E-state index is 0.245. The van der Waals surface area contributed by atoms with Crippen LogP contribution in [0, 0.1) is 0 Å². The fourth-order valence-electron chi connectivity index (χ4n) is 0.991. The van der Waals surface area contributed by atoms with Crippen molar-refractivity contribution in [2.75, 3.05) is 6.54 Å². The molecule has 0 aliphatic rings. The number of hydrogen-bond acceptors (Lipinski definition) is 3. The molecule has 15 heavy (non-hydrogen) atoms. The molecule has 0 bridgehead atoms. The summed E-state index contributed by atoms with van der Waals surface area (Å²) in [6.45, 7) is 2.80. The number of amides is 1. The van der Waals surface area contributed by atoms with E-state index in [9.17, 15) is 4.79 Å². The lowest BCUT2D eigenvalue weighted by Crippen LogP contribution is -2.23. The van der Waals surface area contributed by atoms with E-state index in [2.05, 4.69) is 10.5 Å². The van der Waals surface area contributed by atoms with Gasteiger partial charge in [-0.3, -0.25) is 4.79 Å². The maximum atomic E-state index is 10.9. The third-order valence-corrected chi connectivity index (χ3v) is 1.67. The first kappa shape index (κ1) is 11.2. The molecule has 0 atom stereocenters. The van der Waals surface area contributed by atoms with E-state index < -0.39 is 0 Å². The van der Waals surface area contributed by atoms with Gasteiger partial charge in [-0.2, -0.15) is 0 Å². The van der Waals surface area contributed by atoms with Crippen molar-refractivity contribution in [1.82, 2.24) is 5.32 Å². The van der Waals surface area contributed by atoms with Gasteiger partial charge in [-0.25, -0.2) is 0 Å². The lowest BCUT2D eigenvalue weighted by atomic mass is 10.2. The second kappa shape index (κ2) is 6.59. The van der Waals surface area contributed by atoms with Crippen LogP contribution in [0.5, 0.6) is 0 Å². The SMILES string of the molecule is CCNC(=O)/C=N\OCc1ccccc1. The number of carbonyl (C=O) groups is 1. The van der Waals surface area contributed by atoms with Crippen LogP contribution in [0.3, 0.4) is 0 Å². The monoisotopic (exact) mass is 206 g/mol. The second-order valence-corrected chi connectivity index (χ2v) is 2.89. The Morgan fingerprint density at radius 3 is 2.87 bits per heavy atom. The van der Waals surface area contributed by atoms with Crippen LogP contribution in [-0.2, 0) is 16.2 Å². The van der Waals surface area contributed by atoms with Gasteiger partial charge in [-0.1, -0.05) is 35.5 Å². The molecule has 0 unspecified atom stereocenters. The molecule has 80 valence electrons. The summed E-state index contributed by atoms with van der Waals surface area (Å²) in [5.74, 6) is -0.245. The van der Waals surface area contributed by atoms with Gasteiger partial charge in [0.15, 0.2) is 0 Å². The number of nitrogens with zero attached hydrogens (tertiary/aromatic N) is 1. The number of oxime groups is 1. The highest BCUT2D eigenvalue weighted by atomic mass is 16.6. The Hall–Kier alpha value is -1.84. The predicted octanol–water partition coefficient (Wildman–Crippen LogP) is 1.33. The summed E-state index contributed by atoms with van der Waals surface area (Å²) >= 11 is 0. The Bertz CT molecular complexity index is 323. The van der Waals surface area contributed by atoms with Crippen LogP contribution in [0.4, 0.5) is 0 Å². The summed E-state index contributed by atoms with van der Waals surface area (Å²) in [5.41, 5.74) is 1.02. The van der Waals surface area contributed by atoms with Crippen molar-refractivity contribution < 1.29 is 9.63 Å². The van der Waals surface area contributed by atoms with Gasteiger partial charge in [0.05, 0.1) is 0 Å². The highest BCUT2D eigenvalue weighted by Gasteiger charge is 1.92. The third kappa shape index (κ3) is 4.81. The molecule has 4 heteroatoms. The van der Waals surface area contributed by atoms with E-state index in [4.69, 9.17) is 4.84 Å². The Morgan fingerprint density at radius 2 is 2.20 bits per heavy atom. The zero-order chi connectivity index (χ0) is 10.9. The quantitative estimate of drug-likeness (QED) is 0.583. The second-order valence-electron chi connectivity index (χ2n) is 2.89. The van der Waals surface area contributed by atoms with Gasteiger partial charge in [-0.15, -0.1) is 0 Å².